The summed E-state index contributed by atoms with van der Waals surface area (Å²) in [5, 5.41) is 4.97. The number of anilines is 1. The number of carbonyl (C=O) groups excluding carboxylic acids is 4. The van der Waals surface area contributed by atoms with Gasteiger partial charge in [0.15, 0.2) is 0 Å². The van der Waals surface area contributed by atoms with Gasteiger partial charge < -0.3 is 14.8 Å². The molecule has 0 unspecified atom stereocenters. The van der Waals surface area contributed by atoms with E-state index in [2.05, 4.69) is 28.5 Å². The minimum Gasteiger partial charge on any atom is -0.464 e. The van der Waals surface area contributed by atoms with Crippen molar-refractivity contribution in [1.29, 1.82) is 0 Å². The van der Waals surface area contributed by atoms with Crippen LogP contribution in [0.2, 0.25) is 0 Å². The molecular formula is C26H27N3O6. The van der Waals surface area contributed by atoms with Crippen LogP contribution in [0.3, 0.4) is 0 Å². The Bertz CT molecular complexity index is 1200. The highest BCUT2D eigenvalue weighted by Gasteiger charge is 2.33. The molecule has 9 nitrogen and oxygen atoms in total. The second-order valence-electron chi connectivity index (χ2n) is 8.29. The quantitative estimate of drug-likeness (QED) is 0.441. The lowest BCUT2D eigenvalue weighted by Gasteiger charge is -2.18. The Hall–Kier alpha value is -4.40. The van der Waals surface area contributed by atoms with Crippen LogP contribution in [0.15, 0.2) is 67.0 Å². The molecule has 1 heterocycles. The normalized spacial score (nSPS) is 12.1. The van der Waals surface area contributed by atoms with E-state index in [1.165, 1.54) is 4.90 Å². The molecule has 3 rings (SSSR count). The zero-order valence-electron chi connectivity index (χ0n) is 19.8. The Morgan fingerprint density at radius 1 is 1.06 bits per heavy atom. The van der Waals surface area contributed by atoms with Gasteiger partial charge in [-0.3, -0.25) is 19.8 Å². The molecule has 0 atom stereocenters. The largest absolute Gasteiger partial charge is 0.464 e. The molecule has 0 fully saturated rings. The first kappa shape index (κ1) is 25.2. The van der Waals surface area contributed by atoms with E-state index in [9.17, 15) is 19.2 Å². The van der Waals surface area contributed by atoms with Gasteiger partial charge in [-0.1, -0.05) is 51.3 Å². The van der Waals surface area contributed by atoms with Crippen molar-refractivity contribution in [2.45, 2.75) is 20.4 Å². The van der Waals surface area contributed by atoms with Gasteiger partial charge in [-0.25, -0.2) is 9.59 Å². The second-order valence-corrected chi connectivity index (χ2v) is 8.29. The number of amides is 3. The first-order chi connectivity index (χ1) is 16.6. The molecule has 0 aromatic heterocycles. The summed E-state index contributed by atoms with van der Waals surface area (Å²) in [7, 11) is 1.16. The summed E-state index contributed by atoms with van der Waals surface area (Å²) in [6, 6.07) is 12.4. The number of hydrogen-bond acceptors (Lipinski definition) is 6. The Morgan fingerprint density at radius 2 is 1.71 bits per heavy atom. The van der Waals surface area contributed by atoms with E-state index >= 15 is 0 Å². The van der Waals surface area contributed by atoms with E-state index in [0.29, 0.717) is 17.9 Å². The summed E-state index contributed by atoms with van der Waals surface area (Å²) < 4.78 is 9.64. The predicted octanol–water partition coefficient (Wildman–Crippen LogP) is 3.83. The maximum Gasteiger partial charge on any atom is 0.411 e. The average Bonchev–Trinajstić information content (AvgIpc) is 3.18. The molecule has 3 amide bonds. The van der Waals surface area contributed by atoms with Crippen LogP contribution in [0, 0.1) is 5.92 Å². The van der Waals surface area contributed by atoms with Gasteiger partial charge in [0.25, 0.3) is 11.8 Å². The summed E-state index contributed by atoms with van der Waals surface area (Å²) in [5.41, 5.74) is 3.00. The van der Waals surface area contributed by atoms with Crippen LogP contribution in [0.25, 0.3) is 11.1 Å². The van der Waals surface area contributed by atoms with E-state index in [-0.39, 0.29) is 29.8 Å². The zero-order valence-corrected chi connectivity index (χ0v) is 19.8. The molecule has 1 aliphatic rings. The van der Waals surface area contributed by atoms with Gasteiger partial charge >= 0.3 is 12.1 Å². The number of benzene rings is 2. The molecule has 2 aromatic carbocycles. The van der Waals surface area contributed by atoms with Crippen LogP contribution in [0.1, 0.15) is 29.8 Å². The molecule has 0 saturated carbocycles. The van der Waals surface area contributed by atoms with Crippen LogP contribution in [-0.4, -0.2) is 42.5 Å². The lowest BCUT2D eigenvalue weighted by atomic mass is 9.97. The number of esters is 1. The van der Waals surface area contributed by atoms with Crippen molar-refractivity contribution in [2.24, 2.45) is 5.92 Å². The molecule has 0 saturated heterocycles. The van der Waals surface area contributed by atoms with Gasteiger partial charge in [0.1, 0.15) is 11.4 Å². The lowest BCUT2D eigenvalue weighted by Crippen LogP contribution is -2.36. The molecule has 35 heavy (non-hydrogen) atoms. The van der Waals surface area contributed by atoms with Crippen molar-refractivity contribution in [3.05, 3.63) is 78.1 Å². The maximum atomic E-state index is 13.0. The number of methoxy groups -OCH3 is 1. The number of nitrogens with zero attached hydrogens (tertiary/aromatic N) is 1. The fraction of sp³-hybridized carbons (Fsp3) is 0.231. The summed E-state index contributed by atoms with van der Waals surface area (Å²) in [6.45, 7) is 11.5. The molecule has 2 aromatic rings. The summed E-state index contributed by atoms with van der Waals surface area (Å²) in [6.07, 6.45) is -0.528. The summed E-state index contributed by atoms with van der Waals surface area (Å²) in [5.74, 6) is -1.67. The van der Waals surface area contributed by atoms with Crippen LogP contribution in [0.4, 0.5) is 10.5 Å². The van der Waals surface area contributed by atoms with Gasteiger partial charge in [0.2, 0.25) is 0 Å². The minimum atomic E-state index is -0.796. The van der Waals surface area contributed by atoms with E-state index in [4.69, 9.17) is 4.74 Å². The standard InChI is InChI=1S/C26H27N3O6/c1-15(2)14-35-26(33)28-19-11-9-18(10-12-19)20-7-6-8-21-22(20)13-29(24(21)31)17(4)23(30)27-16(3)25(32)34-5/h6-12,15H,3-4,13-14H2,1-2,5H3,(H,27,30)(H,28,33). The van der Waals surface area contributed by atoms with Gasteiger partial charge in [-0.15, -0.1) is 0 Å². The third-order valence-electron chi connectivity index (χ3n) is 5.24. The van der Waals surface area contributed by atoms with Crippen molar-refractivity contribution < 1.29 is 28.7 Å². The van der Waals surface area contributed by atoms with Gasteiger partial charge in [-0.2, -0.15) is 0 Å². The lowest BCUT2D eigenvalue weighted by molar-refractivity contribution is -0.137. The Kier molecular flexibility index (Phi) is 7.70. The molecule has 0 aliphatic carbocycles. The third kappa shape index (κ3) is 5.75. The number of ether oxygens (including phenoxy) is 2. The fourth-order valence-electron chi connectivity index (χ4n) is 3.46. The highest BCUT2D eigenvalue weighted by atomic mass is 16.5. The topological polar surface area (TPSA) is 114 Å². The molecule has 9 heteroatoms. The number of nitrogens with one attached hydrogen (secondary N) is 2. The van der Waals surface area contributed by atoms with Gasteiger partial charge in [0, 0.05) is 11.3 Å². The van der Waals surface area contributed by atoms with Crippen molar-refractivity contribution in [3.8, 4) is 11.1 Å². The van der Waals surface area contributed by atoms with Crippen LogP contribution in [-0.2, 0) is 25.6 Å². The Balaban J connectivity index is 1.75. The SMILES string of the molecule is C=C(NC(=O)C(=C)N1Cc2c(cccc2-c2ccc(NC(=O)OCC(C)C)cc2)C1=O)C(=O)OC. The minimum absolute atomic E-state index is 0.123. The van der Waals surface area contributed by atoms with Crippen molar-refractivity contribution in [2.75, 3.05) is 19.0 Å². The average molecular weight is 478 g/mol. The predicted molar refractivity (Wildman–Crippen MR) is 130 cm³/mol. The van der Waals surface area contributed by atoms with Crippen LogP contribution >= 0.6 is 0 Å². The maximum absolute atomic E-state index is 13.0. The second kappa shape index (κ2) is 10.7. The smallest absolute Gasteiger partial charge is 0.411 e. The number of carbonyl (C=O) groups is 4. The van der Waals surface area contributed by atoms with Gasteiger partial charge in [-0.05, 0) is 40.8 Å². The summed E-state index contributed by atoms with van der Waals surface area (Å²) in [4.78, 5) is 50.1. The van der Waals surface area contributed by atoms with Gasteiger partial charge in [0.05, 0.1) is 20.3 Å². The molecule has 182 valence electrons. The van der Waals surface area contributed by atoms with Crippen molar-refractivity contribution in [3.63, 3.8) is 0 Å². The van der Waals surface area contributed by atoms with Crippen molar-refractivity contribution in [1.82, 2.24) is 10.2 Å². The Labute approximate surface area is 203 Å². The molecule has 1 aliphatic heterocycles. The third-order valence-corrected chi connectivity index (χ3v) is 5.24. The number of hydrogen-bond donors (Lipinski definition) is 2. The van der Waals surface area contributed by atoms with E-state index < -0.39 is 18.0 Å². The van der Waals surface area contributed by atoms with Crippen LogP contribution in [0.5, 0.6) is 0 Å². The van der Waals surface area contributed by atoms with E-state index in [0.717, 1.165) is 23.8 Å². The molecular weight excluding hydrogens is 450 g/mol. The monoisotopic (exact) mass is 477 g/mol. The highest BCUT2D eigenvalue weighted by Crippen LogP contribution is 2.34. The molecule has 0 spiro atoms. The van der Waals surface area contributed by atoms with Crippen LogP contribution < -0.4 is 10.6 Å². The first-order valence-electron chi connectivity index (χ1n) is 10.9. The molecule has 2 N–H and O–H groups in total. The number of fused-ring (bicyclic) bond motifs is 1. The molecule has 0 bridgehead atoms. The first-order valence-corrected chi connectivity index (χ1v) is 10.9. The Morgan fingerprint density at radius 3 is 2.34 bits per heavy atom. The van der Waals surface area contributed by atoms with E-state index in [1.807, 2.05) is 32.0 Å². The number of rotatable bonds is 8. The van der Waals surface area contributed by atoms with E-state index in [1.54, 1.807) is 24.3 Å². The fourth-order valence-corrected chi connectivity index (χ4v) is 3.46. The van der Waals surface area contributed by atoms with Crippen molar-refractivity contribution >= 4 is 29.6 Å². The summed E-state index contributed by atoms with van der Waals surface area (Å²) >= 11 is 0. The zero-order chi connectivity index (χ0) is 25.7. The highest BCUT2D eigenvalue weighted by molar-refractivity contribution is 6.07. The molecule has 0 radical (unpaired) electrons.